The predicted molar refractivity (Wildman–Crippen MR) is 64.0 cm³/mol. The molecule has 0 saturated heterocycles. The first-order valence-corrected chi connectivity index (χ1v) is 5.82. The largest absolute Gasteiger partial charge is 0.467 e. The van der Waals surface area contributed by atoms with E-state index in [4.69, 9.17) is 23.2 Å². The first-order valence-electron chi connectivity index (χ1n) is 5.07. The summed E-state index contributed by atoms with van der Waals surface area (Å²) < 4.78 is 4.49. The molecular formula is C10H7Cl2N3O4. The van der Waals surface area contributed by atoms with Gasteiger partial charge in [0, 0.05) is 0 Å². The van der Waals surface area contributed by atoms with Crippen molar-refractivity contribution in [3.05, 3.63) is 21.7 Å². The summed E-state index contributed by atoms with van der Waals surface area (Å²) in [4.78, 5) is 43.6. The summed E-state index contributed by atoms with van der Waals surface area (Å²) in [6, 6.07) is -1.08. The lowest BCUT2D eigenvalue weighted by atomic mass is 10.3. The van der Waals surface area contributed by atoms with Gasteiger partial charge >= 0.3 is 5.97 Å². The van der Waals surface area contributed by atoms with Crippen LogP contribution in [0.5, 0.6) is 0 Å². The maximum absolute atomic E-state index is 12.0. The third kappa shape index (κ3) is 2.04. The van der Waals surface area contributed by atoms with Crippen molar-refractivity contribution in [2.75, 3.05) is 7.11 Å². The third-order valence-electron chi connectivity index (χ3n) is 2.59. The van der Waals surface area contributed by atoms with Gasteiger partial charge in [0.15, 0.2) is 21.7 Å². The number of carbonyl (C=O) groups is 3. The highest BCUT2D eigenvalue weighted by Gasteiger charge is 2.44. The van der Waals surface area contributed by atoms with Gasteiger partial charge in [-0.05, 0) is 6.92 Å². The number of amides is 2. The minimum Gasteiger partial charge on any atom is -0.467 e. The molecule has 2 heterocycles. The smallest absolute Gasteiger partial charge is 0.328 e. The molecule has 1 atom stereocenters. The summed E-state index contributed by atoms with van der Waals surface area (Å²) in [6.07, 6.45) is 0. The highest BCUT2D eigenvalue weighted by atomic mass is 35.5. The summed E-state index contributed by atoms with van der Waals surface area (Å²) in [5, 5.41) is -0.372. The molecule has 1 aromatic rings. The van der Waals surface area contributed by atoms with Crippen LogP contribution in [0.25, 0.3) is 0 Å². The first kappa shape index (κ1) is 13.7. The molecule has 0 bridgehead atoms. The molecule has 0 N–H and O–H groups in total. The number of ether oxygens (including phenoxy) is 1. The maximum atomic E-state index is 12.0. The van der Waals surface area contributed by atoms with Crippen LogP contribution in [0.4, 0.5) is 0 Å². The Kier molecular flexibility index (Phi) is 3.42. The lowest BCUT2D eigenvalue weighted by molar-refractivity contribution is -0.144. The highest BCUT2D eigenvalue weighted by Crippen LogP contribution is 2.26. The fourth-order valence-electron chi connectivity index (χ4n) is 1.64. The fourth-order valence-corrected chi connectivity index (χ4v) is 1.89. The van der Waals surface area contributed by atoms with E-state index in [1.807, 2.05) is 0 Å². The quantitative estimate of drug-likeness (QED) is 0.596. The zero-order chi connectivity index (χ0) is 14.3. The van der Waals surface area contributed by atoms with E-state index in [2.05, 4.69) is 14.7 Å². The lowest BCUT2D eigenvalue weighted by Gasteiger charge is -2.19. The Morgan fingerprint density at radius 3 is 1.95 bits per heavy atom. The molecule has 1 aromatic heterocycles. The van der Waals surface area contributed by atoms with Gasteiger partial charge in [-0.2, -0.15) is 0 Å². The molecule has 0 aliphatic carbocycles. The number of halogens is 2. The Bertz CT molecular complexity index is 564. The summed E-state index contributed by atoms with van der Waals surface area (Å²) in [5.74, 6) is -2.25. The number of rotatable bonds is 2. The second kappa shape index (κ2) is 4.75. The predicted octanol–water partition coefficient (Wildman–Crippen LogP) is 0.941. The van der Waals surface area contributed by atoms with Crippen molar-refractivity contribution in [2.45, 2.75) is 13.0 Å². The Morgan fingerprint density at radius 1 is 1.16 bits per heavy atom. The van der Waals surface area contributed by atoms with Crippen LogP contribution in [0.2, 0.25) is 10.3 Å². The molecule has 0 aromatic carbocycles. The fraction of sp³-hybridized carbons (Fsp3) is 0.300. The number of nitrogens with zero attached hydrogens (tertiary/aromatic N) is 3. The molecule has 0 fully saturated rings. The SMILES string of the molecule is COC(=O)C(C)N1C(=O)c2nc(Cl)c(Cl)nc2C1=O. The zero-order valence-corrected chi connectivity index (χ0v) is 11.3. The van der Waals surface area contributed by atoms with Crippen molar-refractivity contribution in [2.24, 2.45) is 0 Å². The lowest BCUT2D eigenvalue weighted by Crippen LogP contribution is -2.43. The molecule has 1 aliphatic heterocycles. The summed E-state index contributed by atoms with van der Waals surface area (Å²) >= 11 is 11.3. The van der Waals surface area contributed by atoms with E-state index in [1.165, 1.54) is 6.92 Å². The maximum Gasteiger partial charge on any atom is 0.328 e. The van der Waals surface area contributed by atoms with Crippen LogP contribution in [0, 0.1) is 0 Å². The summed E-state index contributed by atoms with van der Waals surface area (Å²) in [6.45, 7) is 1.36. The van der Waals surface area contributed by atoms with Crippen molar-refractivity contribution in [1.82, 2.24) is 14.9 Å². The molecule has 19 heavy (non-hydrogen) atoms. The Labute approximate surface area is 117 Å². The third-order valence-corrected chi connectivity index (χ3v) is 3.21. The molecular weight excluding hydrogens is 297 g/mol. The summed E-state index contributed by atoms with van der Waals surface area (Å²) in [7, 11) is 1.15. The normalized spacial score (nSPS) is 15.5. The first-order chi connectivity index (χ1) is 8.88. The van der Waals surface area contributed by atoms with Gasteiger partial charge in [-0.25, -0.2) is 14.8 Å². The van der Waals surface area contributed by atoms with Crippen molar-refractivity contribution >= 4 is 41.0 Å². The van der Waals surface area contributed by atoms with E-state index < -0.39 is 23.8 Å². The van der Waals surface area contributed by atoms with Gasteiger partial charge in [-0.1, -0.05) is 23.2 Å². The molecule has 100 valence electrons. The summed E-state index contributed by atoms with van der Waals surface area (Å²) in [5.41, 5.74) is -0.453. The van der Waals surface area contributed by atoms with E-state index in [-0.39, 0.29) is 21.7 Å². The van der Waals surface area contributed by atoms with Gasteiger partial charge in [0.05, 0.1) is 7.11 Å². The standard InChI is InChI=1S/C10H7Cl2N3O4/c1-3(10(18)19-2)15-8(16)4-5(9(15)17)14-7(12)6(11)13-4/h3H,1-2H3. The van der Waals surface area contributed by atoms with Gasteiger partial charge in [0.1, 0.15) is 6.04 Å². The number of aromatic nitrogens is 2. The van der Waals surface area contributed by atoms with Gasteiger partial charge < -0.3 is 4.74 Å². The molecule has 2 rings (SSSR count). The minimum atomic E-state index is -1.08. The van der Waals surface area contributed by atoms with Gasteiger partial charge in [-0.15, -0.1) is 0 Å². The molecule has 1 unspecified atom stereocenters. The van der Waals surface area contributed by atoms with Gasteiger partial charge in [-0.3, -0.25) is 14.5 Å². The van der Waals surface area contributed by atoms with E-state index in [0.717, 1.165) is 7.11 Å². The minimum absolute atomic E-state index is 0.186. The van der Waals surface area contributed by atoms with E-state index in [1.54, 1.807) is 0 Å². The van der Waals surface area contributed by atoms with Crippen LogP contribution in [0.15, 0.2) is 0 Å². The Morgan fingerprint density at radius 2 is 1.58 bits per heavy atom. The van der Waals surface area contributed by atoms with Gasteiger partial charge in [0.2, 0.25) is 0 Å². The van der Waals surface area contributed by atoms with Crippen LogP contribution >= 0.6 is 23.2 Å². The highest BCUT2D eigenvalue weighted by molar-refractivity contribution is 6.40. The number of fused-ring (bicyclic) bond motifs is 1. The van der Waals surface area contributed by atoms with Crippen LogP contribution in [0.1, 0.15) is 27.9 Å². The number of esters is 1. The second-order valence-electron chi connectivity index (χ2n) is 3.68. The van der Waals surface area contributed by atoms with Crippen LogP contribution in [0.3, 0.4) is 0 Å². The Hall–Kier alpha value is -1.73. The van der Waals surface area contributed by atoms with Crippen molar-refractivity contribution < 1.29 is 19.1 Å². The van der Waals surface area contributed by atoms with E-state index >= 15 is 0 Å². The monoisotopic (exact) mass is 303 g/mol. The molecule has 7 nitrogen and oxygen atoms in total. The van der Waals surface area contributed by atoms with E-state index in [0.29, 0.717) is 4.90 Å². The zero-order valence-electron chi connectivity index (χ0n) is 9.81. The number of imide groups is 1. The van der Waals surface area contributed by atoms with Crippen LogP contribution in [-0.4, -0.2) is 45.8 Å². The topological polar surface area (TPSA) is 89.5 Å². The van der Waals surface area contributed by atoms with Crippen LogP contribution < -0.4 is 0 Å². The van der Waals surface area contributed by atoms with Crippen LogP contribution in [-0.2, 0) is 9.53 Å². The molecule has 0 spiro atoms. The number of methoxy groups -OCH3 is 1. The van der Waals surface area contributed by atoms with Crippen molar-refractivity contribution in [3.63, 3.8) is 0 Å². The van der Waals surface area contributed by atoms with Crippen molar-refractivity contribution in [3.8, 4) is 0 Å². The second-order valence-corrected chi connectivity index (χ2v) is 4.40. The average Bonchev–Trinajstić information content (AvgIpc) is 2.61. The van der Waals surface area contributed by atoms with E-state index in [9.17, 15) is 14.4 Å². The number of hydrogen-bond donors (Lipinski definition) is 0. The van der Waals surface area contributed by atoms with Crippen molar-refractivity contribution in [1.29, 1.82) is 0 Å². The molecule has 1 aliphatic rings. The number of carbonyl (C=O) groups excluding carboxylic acids is 3. The average molecular weight is 304 g/mol. The molecule has 0 saturated carbocycles. The Balaban J connectivity index is 2.47. The molecule has 2 amide bonds. The number of hydrogen-bond acceptors (Lipinski definition) is 6. The molecule has 9 heteroatoms. The molecule has 0 radical (unpaired) electrons. The van der Waals surface area contributed by atoms with Gasteiger partial charge in [0.25, 0.3) is 11.8 Å².